The van der Waals surface area contributed by atoms with Crippen molar-refractivity contribution in [3.05, 3.63) is 35.7 Å². The van der Waals surface area contributed by atoms with Crippen molar-refractivity contribution >= 4 is 12.0 Å². The SMILES string of the molecule is CN(C)c1ccc(-n2nnc(C=O)c2C2CC2)cc1. The van der Waals surface area contributed by atoms with Crippen LogP contribution in [0.2, 0.25) is 0 Å². The monoisotopic (exact) mass is 256 g/mol. The molecular formula is C14H16N4O. The quantitative estimate of drug-likeness (QED) is 0.785. The van der Waals surface area contributed by atoms with E-state index in [4.69, 9.17) is 0 Å². The Labute approximate surface area is 111 Å². The van der Waals surface area contributed by atoms with Crippen molar-refractivity contribution in [1.82, 2.24) is 15.0 Å². The van der Waals surface area contributed by atoms with Crippen LogP contribution in [-0.4, -0.2) is 35.4 Å². The molecule has 0 bridgehead atoms. The predicted molar refractivity (Wildman–Crippen MR) is 73.0 cm³/mol. The van der Waals surface area contributed by atoms with Gasteiger partial charge in [0.2, 0.25) is 0 Å². The number of nitrogens with zero attached hydrogens (tertiary/aromatic N) is 4. The van der Waals surface area contributed by atoms with Crippen LogP contribution in [-0.2, 0) is 0 Å². The molecule has 1 aliphatic carbocycles. The van der Waals surface area contributed by atoms with Crippen molar-refractivity contribution in [2.24, 2.45) is 0 Å². The van der Waals surface area contributed by atoms with Crippen molar-refractivity contribution in [2.45, 2.75) is 18.8 Å². The molecule has 0 saturated heterocycles. The Morgan fingerprint density at radius 2 is 1.95 bits per heavy atom. The number of carbonyl (C=O) groups is 1. The molecule has 0 spiro atoms. The van der Waals surface area contributed by atoms with Crippen LogP contribution in [0, 0.1) is 0 Å². The average molecular weight is 256 g/mol. The molecule has 1 aliphatic rings. The maximum atomic E-state index is 11.0. The summed E-state index contributed by atoms with van der Waals surface area (Å²) in [4.78, 5) is 13.1. The fraction of sp³-hybridized carbons (Fsp3) is 0.357. The molecule has 1 aromatic heterocycles. The first-order chi connectivity index (χ1) is 9.20. The van der Waals surface area contributed by atoms with Crippen molar-refractivity contribution < 1.29 is 4.79 Å². The number of hydrogen-bond donors (Lipinski definition) is 0. The molecule has 0 radical (unpaired) electrons. The summed E-state index contributed by atoms with van der Waals surface area (Å²) in [6, 6.07) is 8.08. The molecule has 3 rings (SSSR count). The molecule has 0 unspecified atom stereocenters. The zero-order valence-corrected chi connectivity index (χ0v) is 11.1. The number of aldehydes is 1. The molecule has 5 heteroatoms. The molecule has 0 aliphatic heterocycles. The molecule has 1 aromatic carbocycles. The van der Waals surface area contributed by atoms with Gasteiger partial charge in [0.1, 0.15) is 5.69 Å². The number of hydrogen-bond acceptors (Lipinski definition) is 4. The van der Waals surface area contributed by atoms with Crippen molar-refractivity contribution in [3.63, 3.8) is 0 Å². The summed E-state index contributed by atoms with van der Waals surface area (Å²) in [7, 11) is 4.01. The minimum atomic E-state index is 0.434. The third-order valence-electron chi connectivity index (χ3n) is 3.42. The summed E-state index contributed by atoms with van der Waals surface area (Å²) in [6.45, 7) is 0. The number of rotatable bonds is 4. The lowest BCUT2D eigenvalue weighted by molar-refractivity contribution is 0.111. The highest BCUT2D eigenvalue weighted by molar-refractivity contribution is 5.74. The lowest BCUT2D eigenvalue weighted by atomic mass is 10.2. The highest BCUT2D eigenvalue weighted by Gasteiger charge is 2.31. The highest BCUT2D eigenvalue weighted by Crippen LogP contribution is 2.41. The first kappa shape index (κ1) is 11.9. The minimum absolute atomic E-state index is 0.434. The van der Waals surface area contributed by atoms with Gasteiger partial charge in [-0.1, -0.05) is 5.21 Å². The second kappa shape index (κ2) is 4.50. The van der Waals surface area contributed by atoms with Gasteiger partial charge in [-0.25, -0.2) is 4.68 Å². The van der Waals surface area contributed by atoms with Gasteiger partial charge in [-0.05, 0) is 37.1 Å². The molecule has 0 N–H and O–H groups in total. The van der Waals surface area contributed by atoms with E-state index in [-0.39, 0.29) is 0 Å². The Morgan fingerprint density at radius 1 is 1.26 bits per heavy atom. The average Bonchev–Trinajstić information content (AvgIpc) is 3.17. The summed E-state index contributed by atoms with van der Waals surface area (Å²) in [5.74, 6) is 0.434. The van der Waals surface area contributed by atoms with Gasteiger partial charge >= 0.3 is 0 Å². The van der Waals surface area contributed by atoms with Gasteiger partial charge in [0, 0.05) is 25.7 Å². The summed E-state index contributed by atoms with van der Waals surface area (Å²) in [5, 5.41) is 8.08. The number of anilines is 1. The van der Waals surface area contributed by atoms with E-state index < -0.39 is 0 Å². The van der Waals surface area contributed by atoms with Gasteiger partial charge in [-0.2, -0.15) is 0 Å². The molecule has 1 saturated carbocycles. The summed E-state index contributed by atoms with van der Waals surface area (Å²) >= 11 is 0. The fourth-order valence-electron chi connectivity index (χ4n) is 2.21. The first-order valence-electron chi connectivity index (χ1n) is 6.39. The van der Waals surface area contributed by atoms with E-state index in [1.54, 1.807) is 4.68 Å². The van der Waals surface area contributed by atoms with E-state index in [1.807, 2.05) is 43.3 Å². The Bertz CT molecular complexity index is 596. The first-order valence-corrected chi connectivity index (χ1v) is 6.39. The van der Waals surface area contributed by atoms with Crippen LogP contribution in [0.15, 0.2) is 24.3 Å². The zero-order valence-electron chi connectivity index (χ0n) is 11.1. The van der Waals surface area contributed by atoms with Crippen molar-refractivity contribution in [3.8, 4) is 5.69 Å². The van der Waals surface area contributed by atoms with E-state index in [9.17, 15) is 4.79 Å². The number of aromatic nitrogens is 3. The van der Waals surface area contributed by atoms with Crippen LogP contribution in [0.25, 0.3) is 5.69 Å². The third kappa shape index (κ3) is 2.12. The van der Waals surface area contributed by atoms with Crippen molar-refractivity contribution in [2.75, 3.05) is 19.0 Å². The molecule has 98 valence electrons. The smallest absolute Gasteiger partial charge is 0.172 e. The van der Waals surface area contributed by atoms with Crippen LogP contribution in [0.5, 0.6) is 0 Å². The van der Waals surface area contributed by atoms with Crippen LogP contribution < -0.4 is 4.90 Å². The van der Waals surface area contributed by atoms with E-state index in [0.717, 1.165) is 36.2 Å². The van der Waals surface area contributed by atoms with Crippen LogP contribution >= 0.6 is 0 Å². The Kier molecular flexibility index (Phi) is 2.81. The predicted octanol–water partition coefficient (Wildman–Crippen LogP) is 2.02. The molecule has 2 aromatic rings. The molecule has 0 atom stereocenters. The van der Waals surface area contributed by atoms with Crippen LogP contribution in [0.3, 0.4) is 0 Å². The third-order valence-corrected chi connectivity index (χ3v) is 3.42. The largest absolute Gasteiger partial charge is 0.378 e. The Balaban J connectivity index is 2.01. The fourth-order valence-corrected chi connectivity index (χ4v) is 2.21. The van der Waals surface area contributed by atoms with Crippen LogP contribution in [0.1, 0.15) is 34.9 Å². The van der Waals surface area contributed by atoms with Gasteiger partial charge in [0.25, 0.3) is 0 Å². The maximum Gasteiger partial charge on any atom is 0.172 e. The topological polar surface area (TPSA) is 51.0 Å². The molecule has 1 fully saturated rings. The lowest BCUT2D eigenvalue weighted by Gasteiger charge is -2.13. The molecule has 19 heavy (non-hydrogen) atoms. The number of carbonyl (C=O) groups excluding carboxylic acids is 1. The lowest BCUT2D eigenvalue weighted by Crippen LogP contribution is -2.09. The van der Waals surface area contributed by atoms with E-state index in [1.165, 1.54) is 0 Å². The van der Waals surface area contributed by atoms with Gasteiger partial charge in [-0.15, -0.1) is 5.10 Å². The Hall–Kier alpha value is -2.17. The van der Waals surface area contributed by atoms with Gasteiger partial charge in [0.15, 0.2) is 6.29 Å². The maximum absolute atomic E-state index is 11.0. The highest BCUT2D eigenvalue weighted by atomic mass is 16.1. The molecule has 5 nitrogen and oxygen atoms in total. The second-order valence-corrected chi connectivity index (χ2v) is 5.07. The van der Waals surface area contributed by atoms with E-state index in [2.05, 4.69) is 10.3 Å². The molecular weight excluding hydrogens is 240 g/mol. The summed E-state index contributed by atoms with van der Waals surface area (Å²) in [5.41, 5.74) is 3.51. The summed E-state index contributed by atoms with van der Waals surface area (Å²) < 4.78 is 1.79. The van der Waals surface area contributed by atoms with Gasteiger partial charge in [-0.3, -0.25) is 4.79 Å². The van der Waals surface area contributed by atoms with Gasteiger partial charge < -0.3 is 4.90 Å². The standard InChI is InChI=1S/C14H16N4O/c1-17(2)11-5-7-12(8-6-11)18-14(10-3-4-10)13(9-19)15-16-18/h5-10H,3-4H2,1-2H3. The molecule has 1 heterocycles. The van der Waals surface area contributed by atoms with Crippen LogP contribution in [0.4, 0.5) is 5.69 Å². The second-order valence-electron chi connectivity index (χ2n) is 5.07. The summed E-state index contributed by atoms with van der Waals surface area (Å²) in [6.07, 6.45) is 3.03. The minimum Gasteiger partial charge on any atom is -0.378 e. The van der Waals surface area contributed by atoms with E-state index in [0.29, 0.717) is 11.6 Å². The van der Waals surface area contributed by atoms with Crippen molar-refractivity contribution in [1.29, 1.82) is 0 Å². The normalized spacial score (nSPS) is 14.4. The molecule has 0 amide bonds. The van der Waals surface area contributed by atoms with Gasteiger partial charge in [0.05, 0.1) is 11.4 Å². The Morgan fingerprint density at radius 3 is 2.47 bits per heavy atom. The number of benzene rings is 1. The zero-order chi connectivity index (χ0) is 13.4. The van der Waals surface area contributed by atoms with E-state index >= 15 is 0 Å².